The van der Waals surface area contributed by atoms with Crippen LogP contribution in [0.25, 0.3) is 11.1 Å². The fourth-order valence-corrected chi connectivity index (χ4v) is 5.51. The monoisotopic (exact) mass is 561 g/mol. The van der Waals surface area contributed by atoms with E-state index in [1.165, 1.54) is 12.1 Å². The first-order chi connectivity index (χ1) is 19.7. The first-order valence-corrected chi connectivity index (χ1v) is 14.5. The van der Waals surface area contributed by atoms with Crippen LogP contribution in [0.5, 0.6) is 5.75 Å². The number of nitrogens with zero attached hydrogens (tertiary/aromatic N) is 2. The number of hydrogen-bond acceptors (Lipinski definition) is 6. The van der Waals surface area contributed by atoms with Crippen molar-refractivity contribution in [2.24, 2.45) is 5.41 Å². The quantitative estimate of drug-likeness (QED) is 0.317. The molecular weight excluding hydrogens is 521 g/mol. The molecule has 0 unspecified atom stereocenters. The van der Waals surface area contributed by atoms with Crippen LogP contribution in [0.1, 0.15) is 49.2 Å². The molecule has 1 aromatic heterocycles. The molecule has 2 aliphatic rings. The lowest BCUT2D eigenvalue weighted by atomic mass is 9.82. The van der Waals surface area contributed by atoms with Crippen LogP contribution < -0.4 is 15.0 Å². The van der Waals surface area contributed by atoms with Crippen LogP contribution in [-0.2, 0) is 28.9 Å². The zero-order chi connectivity index (χ0) is 29.0. The third-order valence-corrected chi connectivity index (χ3v) is 8.22. The highest BCUT2D eigenvalue weighted by Gasteiger charge is 2.31. The van der Waals surface area contributed by atoms with Gasteiger partial charge in [0, 0.05) is 42.9 Å². The molecule has 41 heavy (non-hydrogen) atoms. The van der Waals surface area contributed by atoms with E-state index < -0.39 is 5.97 Å². The Balaban J connectivity index is 1.47. The maximum Gasteiger partial charge on any atom is 0.307 e. The Hall–Kier alpha value is -3.49. The van der Waals surface area contributed by atoms with Gasteiger partial charge in [-0.1, -0.05) is 38.1 Å². The molecule has 3 heterocycles. The number of pyridine rings is 1. The van der Waals surface area contributed by atoms with Gasteiger partial charge in [-0.05, 0) is 60.6 Å². The number of piperidine rings is 1. The summed E-state index contributed by atoms with van der Waals surface area (Å²) in [5.41, 5.74) is 6.68. The number of carbonyl (C=O) groups is 1. The van der Waals surface area contributed by atoms with Crippen molar-refractivity contribution in [1.82, 2.24) is 10.3 Å². The summed E-state index contributed by atoms with van der Waals surface area (Å²) in [5.74, 6) is -0.360. The minimum atomic E-state index is -0.859. The number of halogens is 1. The van der Waals surface area contributed by atoms with Crippen molar-refractivity contribution in [3.8, 4) is 16.9 Å². The summed E-state index contributed by atoms with van der Waals surface area (Å²) in [6.07, 6.45) is 2.68. The second-order valence-corrected chi connectivity index (χ2v) is 11.9. The SMILES string of the molecule is Cc1nc(CNC2COC2)c(-c2ccc(OCCc3ccc(F)cc3)cc2)c(N2CCC(C)(C)CC2)c1CC(=O)O. The van der Waals surface area contributed by atoms with E-state index in [1.54, 1.807) is 12.1 Å². The molecule has 0 spiro atoms. The Bertz CT molecular complexity index is 1340. The lowest BCUT2D eigenvalue weighted by Gasteiger charge is -2.40. The van der Waals surface area contributed by atoms with E-state index in [-0.39, 0.29) is 17.7 Å². The van der Waals surface area contributed by atoms with Crippen LogP contribution in [0.4, 0.5) is 10.1 Å². The molecule has 0 amide bonds. The Morgan fingerprint density at radius 2 is 1.80 bits per heavy atom. The summed E-state index contributed by atoms with van der Waals surface area (Å²) >= 11 is 0. The van der Waals surface area contributed by atoms with E-state index in [2.05, 4.69) is 24.1 Å². The van der Waals surface area contributed by atoms with Crippen LogP contribution in [0.3, 0.4) is 0 Å². The zero-order valence-electron chi connectivity index (χ0n) is 24.2. The summed E-state index contributed by atoms with van der Waals surface area (Å²) in [6.45, 7) is 10.7. The molecule has 3 aromatic rings. The molecule has 0 saturated carbocycles. The van der Waals surface area contributed by atoms with Gasteiger partial charge in [0.1, 0.15) is 11.6 Å². The molecule has 2 saturated heterocycles. The van der Waals surface area contributed by atoms with Crippen molar-refractivity contribution < 1.29 is 23.8 Å². The topological polar surface area (TPSA) is 83.9 Å². The summed E-state index contributed by atoms with van der Waals surface area (Å²) in [5, 5.41) is 13.4. The highest BCUT2D eigenvalue weighted by atomic mass is 19.1. The fourth-order valence-electron chi connectivity index (χ4n) is 5.51. The maximum atomic E-state index is 13.2. The average molecular weight is 562 g/mol. The van der Waals surface area contributed by atoms with Gasteiger partial charge in [-0.3, -0.25) is 9.78 Å². The van der Waals surface area contributed by atoms with Gasteiger partial charge in [-0.15, -0.1) is 0 Å². The van der Waals surface area contributed by atoms with Gasteiger partial charge in [0.25, 0.3) is 0 Å². The lowest BCUT2D eigenvalue weighted by molar-refractivity contribution is -0.136. The molecule has 218 valence electrons. The predicted octanol–water partition coefficient (Wildman–Crippen LogP) is 5.56. The molecule has 2 aromatic carbocycles. The van der Waals surface area contributed by atoms with E-state index in [0.717, 1.165) is 71.0 Å². The van der Waals surface area contributed by atoms with Crippen LogP contribution in [-0.4, -0.2) is 55.0 Å². The normalized spacial score (nSPS) is 16.8. The summed E-state index contributed by atoms with van der Waals surface area (Å²) in [4.78, 5) is 19.4. The number of aliphatic carboxylic acids is 1. The summed E-state index contributed by atoms with van der Waals surface area (Å²) < 4.78 is 24.6. The second-order valence-electron chi connectivity index (χ2n) is 11.9. The maximum absolute atomic E-state index is 13.2. The number of anilines is 1. The molecule has 2 fully saturated rings. The van der Waals surface area contributed by atoms with E-state index in [1.807, 2.05) is 31.2 Å². The molecular formula is C33H40FN3O4. The largest absolute Gasteiger partial charge is 0.493 e. The summed E-state index contributed by atoms with van der Waals surface area (Å²) in [7, 11) is 0. The number of aromatic nitrogens is 1. The van der Waals surface area contributed by atoms with Crippen molar-refractivity contribution in [3.05, 3.63) is 76.9 Å². The standard InChI is InChI=1S/C33H40FN3O4/c1-22-28(18-30(38)39)32(37-15-13-33(2,3)14-16-37)31(29(36-22)19-35-26-20-40-21-26)24-6-10-27(11-7-24)41-17-12-23-4-8-25(34)9-5-23/h4-11,26,35H,12-21H2,1-3H3,(H,38,39). The van der Waals surface area contributed by atoms with Crippen molar-refractivity contribution in [2.45, 2.75) is 59.0 Å². The van der Waals surface area contributed by atoms with Crippen molar-refractivity contribution in [3.63, 3.8) is 0 Å². The fraction of sp³-hybridized carbons (Fsp3) is 0.455. The van der Waals surface area contributed by atoms with Crippen LogP contribution in [0, 0.1) is 18.2 Å². The third-order valence-electron chi connectivity index (χ3n) is 8.22. The lowest BCUT2D eigenvalue weighted by Crippen LogP contribution is -2.45. The van der Waals surface area contributed by atoms with Gasteiger partial charge in [-0.2, -0.15) is 0 Å². The van der Waals surface area contributed by atoms with Gasteiger partial charge in [0.2, 0.25) is 0 Å². The smallest absolute Gasteiger partial charge is 0.307 e. The molecule has 0 bridgehead atoms. The Morgan fingerprint density at radius 1 is 1.12 bits per heavy atom. The Morgan fingerprint density at radius 3 is 2.41 bits per heavy atom. The number of hydrogen-bond donors (Lipinski definition) is 2. The number of carboxylic acids is 1. The van der Waals surface area contributed by atoms with E-state index in [0.29, 0.717) is 38.8 Å². The summed E-state index contributed by atoms with van der Waals surface area (Å²) in [6, 6.07) is 14.8. The van der Waals surface area contributed by atoms with Crippen LogP contribution >= 0.6 is 0 Å². The molecule has 8 heteroatoms. The van der Waals surface area contributed by atoms with Crippen molar-refractivity contribution >= 4 is 11.7 Å². The number of benzene rings is 2. The first-order valence-electron chi connectivity index (χ1n) is 14.5. The molecule has 2 N–H and O–H groups in total. The van der Waals surface area contributed by atoms with Crippen molar-refractivity contribution in [1.29, 1.82) is 0 Å². The minimum Gasteiger partial charge on any atom is -0.493 e. The van der Waals surface area contributed by atoms with Crippen LogP contribution in [0.15, 0.2) is 48.5 Å². The van der Waals surface area contributed by atoms with E-state index >= 15 is 0 Å². The van der Waals surface area contributed by atoms with Crippen molar-refractivity contribution in [2.75, 3.05) is 37.8 Å². The van der Waals surface area contributed by atoms with Gasteiger partial charge in [0.15, 0.2) is 0 Å². The molecule has 7 nitrogen and oxygen atoms in total. The number of aryl methyl sites for hydroxylation is 1. The number of ether oxygens (including phenoxy) is 2. The highest BCUT2D eigenvalue weighted by Crippen LogP contribution is 2.42. The first kappa shape index (κ1) is 29.0. The Labute approximate surface area is 241 Å². The van der Waals surface area contributed by atoms with E-state index in [4.69, 9.17) is 14.5 Å². The van der Waals surface area contributed by atoms with Gasteiger partial charge in [-0.25, -0.2) is 4.39 Å². The van der Waals surface area contributed by atoms with Crippen LogP contribution in [0.2, 0.25) is 0 Å². The third kappa shape index (κ3) is 7.24. The predicted molar refractivity (Wildman–Crippen MR) is 158 cm³/mol. The van der Waals surface area contributed by atoms with Gasteiger partial charge in [0.05, 0.1) is 43.7 Å². The number of nitrogens with one attached hydrogen (secondary N) is 1. The number of carboxylic acid groups (broad SMARTS) is 1. The highest BCUT2D eigenvalue weighted by molar-refractivity contribution is 5.86. The second kappa shape index (κ2) is 12.6. The average Bonchev–Trinajstić information content (AvgIpc) is 2.91. The zero-order valence-corrected chi connectivity index (χ0v) is 24.2. The van der Waals surface area contributed by atoms with Gasteiger partial charge < -0.3 is 24.8 Å². The molecule has 5 rings (SSSR count). The van der Waals surface area contributed by atoms with Gasteiger partial charge >= 0.3 is 5.97 Å². The molecule has 0 aliphatic carbocycles. The molecule has 2 aliphatic heterocycles. The molecule has 0 radical (unpaired) electrons. The minimum absolute atomic E-state index is 0.0736. The Kier molecular flexibility index (Phi) is 8.90. The van der Waals surface area contributed by atoms with E-state index in [9.17, 15) is 14.3 Å². The molecule has 0 atom stereocenters. The number of rotatable bonds is 11.